The molecular weight excluding hydrogens is 88.1 g/mol. The molecule has 0 aliphatic heterocycles. The molecule has 2 nitrogen and oxygen atoms in total. The van der Waals surface area contributed by atoms with E-state index in [-0.39, 0.29) is 0 Å². The Kier molecular flexibility index (Phi) is 1.05. The molecule has 1 fully saturated rings. The lowest BCUT2D eigenvalue weighted by molar-refractivity contribution is 0.391. The first-order chi connectivity index (χ1) is 3.22. The van der Waals surface area contributed by atoms with Crippen LogP contribution in [-0.4, -0.2) is 31.1 Å². The molecule has 2 unspecified atom stereocenters. The Morgan fingerprint density at radius 1 is 1.57 bits per heavy atom. The maximum atomic E-state index is 5.53. The van der Waals surface area contributed by atoms with Gasteiger partial charge in [-0.25, -0.2) is 0 Å². The molecule has 2 heteroatoms. The van der Waals surface area contributed by atoms with E-state index in [1.165, 1.54) is 6.42 Å². The average Bonchev–Trinajstić information content (AvgIpc) is 2.17. The zero-order chi connectivity index (χ0) is 5.44. The molecule has 0 radical (unpaired) electrons. The molecule has 0 heterocycles. The van der Waals surface area contributed by atoms with Gasteiger partial charge in [0, 0.05) is 12.1 Å². The van der Waals surface area contributed by atoms with Crippen LogP contribution in [0.2, 0.25) is 0 Å². The van der Waals surface area contributed by atoms with E-state index < -0.39 is 0 Å². The molecule has 0 amide bonds. The molecule has 1 rings (SSSR count). The summed E-state index contributed by atoms with van der Waals surface area (Å²) in [5, 5.41) is 0. The number of nitrogens with zero attached hydrogens (tertiary/aromatic N) is 1. The van der Waals surface area contributed by atoms with Crippen molar-refractivity contribution in [2.24, 2.45) is 5.73 Å². The molecule has 1 aliphatic rings. The van der Waals surface area contributed by atoms with Gasteiger partial charge in [0.2, 0.25) is 0 Å². The molecule has 0 spiro atoms. The Morgan fingerprint density at radius 3 is 2.00 bits per heavy atom. The van der Waals surface area contributed by atoms with Gasteiger partial charge in [-0.05, 0) is 20.5 Å². The summed E-state index contributed by atoms with van der Waals surface area (Å²) in [5.74, 6) is 0. The largest absolute Gasteiger partial charge is 0.326 e. The van der Waals surface area contributed by atoms with Gasteiger partial charge in [-0.15, -0.1) is 0 Å². The summed E-state index contributed by atoms with van der Waals surface area (Å²) in [4.78, 5) is 2.17. The van der Waals surface area contributed by atoms with Crippen molar-refractivity contribution in [3.8, 4) is 0 Å². The average molecular weight is 100 g/mol. The molecule has 42 valence electrons. The smallest absolute Gasteiger partial charge is 0.0257 e. The number of hydrogen-bond donors (Lipinski definition) is 1. The summed E-state index contributed by atoms with van der Waals surface area (Å²) >= 11 is 0. The van der Waals surface area contributed by atoms with Gasteiger partial charge in [0.05, 0.1) is 0 Å². The van der Waals surface area contributed by atoms with Crippen LogP contribution in [0.3, 0.4) is 0 Å². The van der Waals surface area contributed by atoms with Gasteiger partial charge in [0.25, 0.3) is 0 Å². The molecule has 7 heavy (non-hydrogen) atoms. The fraction of sp³-hybridized carbons (Fsp3) is 1.00. The van der Waals surface area contributed by atoms with Crippen molar-refractivity contribution in [3.05, 3.63) is 0 Å². The highest BCUT2D eigenvalue weighted by Gasteiger charge is 2.34. The lowest BCUT2D eigenvalue weighted by atomic mass is 10.6. The second kappa shape index (κ2) is 1.46. The number of hydrogen-bond acceptors (Lipinski definition) is 2. The molecule has 0 aromatic heterocycles. The second-order valence-electron chi connectivity index (χ2n) is 2.43. The van der Waals surface area contributed by atoms with E-state index in [4.69, 9.17) is 5.73 Å². The van der Waals surface area contributed by atoms with Crippen molar-refractivity contribution in [2.45, 2.75) is 18.5 Å². The number of nitrogens with two attached hydrogens (primary N) is 1. The third-order valence-corrected chi connectivity index (χ3v) is 1.47. The monoisotopic (exact) mass is 100 g/mol. The van der Waals surface area contributed by atoms with Crippen molar-refractivity contribution in [1.29, 1.82) is 0 Å². The molecule has 1 aliphatic carbocycles. The summed E-state index contributed by atoms with van der Waals surface area (Å²) in [5.41, 5.74) is 5.53. The second-order valence-corrected chi connectivity index (χ2v) is 2.43. The number of likely N-dealkylation sites (N-methyl/N-ethyl adjacent to an activating group) is 1. The summed E-state index contributed by atoms with van der Waals surface area (Å²) in [7, 11) is 4.13. The van der Waals surface area contributed by atoms with Gasteiger partial charge in [-0.2, -0.15) is 0 Å². The predicted molar refractivity (Wildman–Crippen MR) is 30.1 cm³/mol. The lowest BCUT2D eigenvalue weighted by Gasteiger charge is -2.05. The van der Waals surface area contributed by atoms with E-state index in [0.717, 1.165) is 0 Å². The van der Waals surface area contributed by atoms with Crippen LogP contribution in [-0.2, 0) is 0 Å². The van der Waals surface area contributed by atoms with E-state index in [9.17, 15) is 0 Å². The summed E-state index contributed by atoms with van der Waals surface area (Å²) in [6.45, 7) is 0. The van der Waals surface area contributed by atoms with Crippen molar-refractivity contribution < 1.29 is 0 Å². The first kappa shape index (κ1) is 5.06. The summed E-state index contributed by atoms with van der Waals surface area (Å²) in [6, 6.07) is 1.15. The molecule has 0 saturated heterocycles. The summed E-state index contributed by atoms with van der Waals surface area (Å²) < 4.78 is 0. The van der Waals surface area contributed by atoms with E-state index >= 15 is 0 Å². The minimum atomic E-state index is 0.468. The van der Waals surface area contributed by atoms with Gasteiger partial charge in [-0.1, -0.05) is 0 Å². The van der Waals surface area contributed by atoms with Crippen LogP contribution in [0.1, 0.15) is 6.42 Å². The Labute approximate surface area is 44.3 Å². The fourth-order valence-corrected chi connectivity index (χ4v) is 0.794. The first-order valence-corrected chi connectivity index (χ1v) is 2.64. The van der Waals surface area contributed by atoms with E-state index in [1.54, 1.807) is 0 Å². The quantitative estimate of drug-likeness (QED) is 0.488. The van der Waals surface area contributed by atoms with Crippen LogP contribution >= 0.6 is 0 Å². The minimum absolute atomic E-state index is 0.468. The highest BCUT2D eigenvalue weighted by Crippen LogP contribution is 2.22. The van der Waals surface area contributed by atoms with Crippen LogP contribution in [0.5, 0.6) is 0 Å². The Hall–Kier alpha value is -0.0800. The Morgan fingerprint density at radius 2 is 2.00 bits per heavy atom. The van der Waals surface area contributed by atoms with Gasteiger partial charge < -0.3 is 10.6 Å². The maximum Gasteiger partial charge on any atom is 0.0257 e. The predicted octanol–water partition coefficient (Wildman–Crippen LogP) is -0.352. The third kappa shape index (κ3) is 0.924. The fourth-order valence-electron chi connectivity index (χ4n) is 0.794. The van der Waals surface area contributed by atoms with Gasteiger partial charge in [0.1, 0.15) is 0 Å². The highest BCUT2D eigenvalue weighted by atomic mass is 15.2. The van der Waals surface area contributed by atoms with E-state index in [0.29, 0.717) is 12.1 Å². The molecule has 2 N–H and O–H groups in total. The molecule has 0 aromatic rings. The number of rotatable bonds is 1. The standard InChI is InChI=1S/C5H12N2/c1-7(2)5-3-4(5)6/h4-5H,3,6H2,1-2H3. The van der Waals surface area contributed by atoms with E-state index in [2.05, 4.69) is 19.0 Å². The molecule has 2 atom stereocenters. The zero-order valence-electron chi connectivity index (χ0n) is 4.89. The van der Waals surface area contributed by atoms with Crippen molar-refractivity contribution in [2.75, 3.05) is 14.1 Å². The van der Waals surface area contributed by atoms with Gasteiger partial charge in [-0.3, -0.25) is 0 Å². The van der Waals surface area contributed by atoms with Gasteiger partial charge in [0.15, 0.2) is 0 Å². The van der Waals surface area contributed by atoms with Crippen LogP contribution < -0.4 is 5.73 Å². The van der Waals surface area contributed by atoms with Crippen LogP contribution in [0.4, 0.5) is 0 Å². The Balaban J connectivity index is 2.20. The zero-order valence-corrected chi connectivity index (χ0v) is 4.89. The van der Waals surface area contributed by atoms with Crippen LogP contribution in [0, 0.1) is 0 Å². The molecule has 0 aromatic carbocycles. The van der Waals surface area contributed by atoms with Crippen molar-refractivity contribution in [1.82, 2.24) is 4.90 Å². The third-order valence-electron chi connectivity index (χ3n) is 1.47. The molecule has 1 saturated carbocycles. The first-order valence-electron chi connectivity index (χ1n) is 2.64. The van der Waals surface area contributed by atoms with Crippen molar-refractivity contribution >= 4 is 0 Å². The summed E-state index contributed by atoms with van der Waals surface area (Å²) in [6.07, 6.45) is 1.19. The van der Waals surface area contributed by atoms with E-state index in [1.807, 2.05) is 0 Å². The topological polar surface area (TPSA) is 29.3 Å². The molecule has 0 bridgehead atoms. The van der Waals surface area contributed by atoms with Crippen LogP contribution in [0.15, 0.2) is 0 Å². The lowest BCUT2D eigenvalue weighted by Crippen LogP contribution is -2.21. The minimum Gasteiger partial charge on any atom is -0.326 e. The molecular formula is C5H12N2. The Bertz CT molecular complexity index is 70.5. The SMILES string of the molecule is CN(C)C1CC1N. The highest BCUT2D eigenvalue weighted by molar-refractivity contribution is 4.96. The normalized spacial score (nSPS) is 39.4. The maximum absolute atomic E-state index is 5.53. The van der Waals surface area contributed by atoms with Crippen molar-refractivity contribution in [3.63, 3.8) is 0 Å². The van der Waals surface area contributed by atoms with Gasteiger partial charge >= 0.3 is 0 Å². The van der Waals surface area contributed by atoms with Crippen LogP contribution in [0.25, 0.3) is 0 Å².